The summed E-state index contributed by atoms with van der Waals surface area (Å²) in [6.07, 6.45) is 6.10. The van der Waals surface area contributed by atoms with Crippen LogP contribution in [0.5, 0.6) is 23.1 Å². The van der Waals surface area contributed by atoms with Gasteiger partial charge in [-0.15, -0.1) is 0 Å². The Labute approximate surface area is 201 Å². The number of likely N-dealkylation sites (N-methyl/N-ethyl adjacent to an activating group) is 1. The van der Waals surface area contributed by atoms with Gasteiger partial charge in [-0.25, -0.2) is 15.0 Å². The number of ether oxygens (including phenoxy) is 3. The molecule has 1 aromatic carbocycles. The fourth-order valence-electron chi connectivity index (χ4n) is 3.33. The predicted octanol–water partition coefficient (Wildman–Crippen LogP) is 2.10. The molecule has 12 nitrogen and oxygen atoms in total. The molecular weight excluding hydrogens is 454 g/mol. The molecule has 3 aromatic heterocycles. The number of aliphatic hydroxyl groups excluding tert-OH is 1. The van der Waals surface area contributed by atoms with Crippen LogP contribution in [0.15, 0.2) is 49.2 Å². The first-order valence-corrected chi connectivity index (χ1v) is 10.7. The Morgan fingerprint density at radius 3 is 2.63 bits per heavy atom. The van der Waals surface area contributed by atoms with Crippen LogP contribution in [0.3, 0.4) is 0 Å². The Bertz CT molecular complexity index is 1310. The van der Waals surface area contributed by atoms with Gasteiger partial charge in [-0.05, 0) is 18.2 Å². The molecule has 12 heteroatoms. The Balaban J connectivity index is 1.41. The monoisotopic (exact) mass is 479 g/mol. The lowest BCUT2D eigenvalue weighted by Gasteiger charge is -2.17. The highest BCUT2D eigenvalue weighted by Gasteiger charge is 2.14. The molecule has 0 atom stereocenters. The largest absolute Gasteiger partial charge is 0.493 e. The quantitative estimate of drug-likeness (QED) is 0.348. The zero-order valence-corrected chi connectivity index (χ0v) is 19.5. The molecule has 182 valence electrons. The Morgan fingerprint density at radius 2 is 1.91 bits per heavy atom. The van der Waals surface area contributed by atoms with E-state index in [-0.39, 0.29) is 19.1 Å². The Hall–Kier alpha value is -4.45. The van der Waals surface area contributed by atoms with Crippen molar-refractivity contribution in [3.05, 3.63) is 49.2 Å². The number of aliphatic hydroxyl groups is 1. The highest BCUT2D eigenvalue weighted by molar-refractivity contribution is 5.89. The third kappa shape index (κ3) is 5.55. The third-order valence-electron chi connectivity index (χ3n) is 5.13. The molecule has 0 aliphatic carbocycles. The van der Waals surface area contributed by atoms with E-state index in [2.05, 4.69) is 25.4 Å². The summed E-state index contributed by atoms with van der Waals surface area (Å²) in [4.78, 5) is 27.0. The molecule has 0 fully saturated rings. The number of pyridine rings is 1. The lowest BCUT2D eigenvalue weighted by Crippen LogP contribution is -2.22. The molecule has 0 spiro atoms. The number of fused-ring (bicyclic) bond motifs is 1. The first-order chi connectivity index (χ1) is 17.0. The summed E-state index contributed by atoms with van der Waals surface area (Å²) in [6.45, 7) is 0.497. The van der Waals surface area contributed by atoms with Gasteiger partial charge in [-0.3, -0.25) is 9.48 Å². The van der Waals surface area contributed by atoms with E-state index in [0.717, 1.165) is 5.69 Å². The fraction of sp³-hybridized carbons (Fsp3) is 0.261. The molecule has 2 N–H and O–H groups in total. The molecule has 1 amide bonds. The molecule has 4 aromatic rings. The molecule has 0 radical (unpaired) electrons. The summed E-state index contributed by atoms with van der Waals surface area (Å²) >= 11 is 0. The minimum Gasteiger partial charge on any atom is -0.493 e. The van der Waals surface area contributed by atoms with Gasteiger partial charge in [0.05, 0.1) is 56.0 Å². The topological polar surface area (TPSA) is 137 Å². The number of anilines is 2. The average molecular weight is 479 g/mol. The van der Waals surface area contributed by atoms with Crippen LogP contribution in [-0.4, -0.2) is 70.2 Å². The second-order valence-corrected chi connectivity index (χ2v) is 7.47. The summed E-state index contributed by atoms with van der Waals surface area (Å²) in [5.41, 5.74) is 1.46. The van der Waals surface area contributed by atoms with E-state index in [1.165, 1.54) is 17.2 Å². The van der Waals surface area contributed by atoms with E-state index in [1.54, 1.807) is 44.8 Å². The molecule has 35 heavy (non-hydrogen) atoms. The number of hydrogen-bond acceptors (Lipinski definition) is 10. The van der Waals surface area contributed by atoms with E-state index in [9.17, 15) is 4.79 Å². The maximum absolute atomic E-state index is 12.4. The van der Waals surface area contributed by atoms with Crippen molar-refractivity contribution in [3.8, 4) is 23.1 Å². The number of aromatic nitrogens is 5. The summed E-state index contributed by atoms with van der Waals surface area (Å²) in [5.74, 6) is 1.90. The minimum absolute atomic E-state index is 0.0350. The molecule has 0 unspecified atom stereocenters. The van der Waals surface area contributed by atoms with Crippen molar-refractivity contribution < 1.29 is 24.1 Å². The van der Waals surface area contributed by atoms with Crippen molar-refractivity contribution in [1.29, 1.82) is 0 Å². The van der Waals surface area contributed by atoms with Gasteiger partial charge in [0.15, 0.2) is 17.2 Å². The van der Waals surface area contributed by atoms with Gasteiger partial charge in [-0.2, -0.15) is 5.10 Å². The van der Waals surface area contributed by atoms with Crippen molar-refractivity contribution in [1.82, 2.24) is 24.7 Å². The molecule has 0 bridgehead atoms. The molecular formula is C23H25N7O5. The molecule has 0 saturated heterocycles. The zero-order valence-electron chi connectivity index (χ0n) is 19.5. The number of methoxy groups -OCH3 is 2. The number of rotatable bonds is 10. The van der Waals surface area contributed by atoms with Gasteiger partial charge in [0.2, 0.25) is 11.8 Å². The smallest absolute Gasteiger partial charge is 0.247 e. The number of benzene rings is 1. The van der Waals surface area contributed by atoms with E-state index >= 15 is 0 Å². The SMILES string of the molecule is COc1cc2ncnc(Oc3cnn(CC(=O)Nc4ccc(N(C)CCO)cn4)c3)c2cc1OC. The van der Waals surface area contributed by atoms with Crippen molar-refractivity contribution in [2.24, 2.45) is 0 Å². The zero-order chi connectivity index (χ0) is 24.8. The van der Waals surface area contributed by atoms with Crippen LogP contribution < -0.4 is 24.4 Å². The number of amides is 1. The molecule has 0 aliphatic rings. The molecule has 3 heterocycles. The number of hydrogen-bond donors (Lipinski definition) is 2. The van der Waals surface area contributed by atoms with E-state index in [1.807, 2.05) is 18.0 Å². The Kier molecular flexibility index (Phi) is 7.21. The highest BCUT2D eigenvalue weighted by Crippen LogP contribution is 2.35. The Morgan fingerprint density at radius 1 is 1.11 bits per heavy atom. The van der Waals surface area contributed by atoms with Crippen LogP contribution in [0.4, 0.5) is 11.5 Å². The number of nitrogens with zero attached hydrogens (tertiary/aromatic N) is 6. The van der Waals surface area contributed by atoms with Crippen LogP contribution >= 0.6 is 0 Å². The first kappa shape index (κ1) is 23.7. The van der Waals surface area contributed by atoms with Crippen molar-refractivity contribution >= 4 is 28.3 Å². The standard InChI is InChI=1S/C23H25N7O5/c1-29(6-7-31)15-4-5-21(24-10-15)28-22(32)13-30-12-16(11-27-30)35-23-17-8-19(33-2)20(34-3)9-18(17)25-14-26-23/h4-5,8-12,14,31H,6-7,13H2,1-3H3,(H,24,28,32). The molecule has 0 aliphatic heterocycles. The highest BCUT2D eigenvalue weighted by atomic mass is 16.5. The lowest BCUT2D eigenvalue weighted by atomic mass is 10.2. The summed E-state index contributed by atoms with van der Waals surface area (Å²) in [5, 5.41) is 16.6. The van der Waals surface area contributed by atoms with Gasteiger partial charge in [0.1, 0.15) is 18.7 Å². The number of nitrogens with one attached hydrogen (secondary N) is 1. The van der Waals surface area contributed by atoms with Gasteiger partial charge in [0.25, 0.3) is 0 Å². The van der Waals surface area contributed by atoms with Crippen LogP contribution in [0.2, 0.25) is 0 Å². The number of carbonyl (C=O) groups excluding carboxylic acids is 1. The maximum Gasteiger partial charge on any atom is 0.247 e. The van der Waals surface area contributed by atoms with E-state index in [4.69, 9.17) is 19.3 Å². The summed E-state index contributed by atoms with van der Waals surface area (Å²) < 4.78 is 18.0. The van der Waals surface area contributed by atoms with Gasteiger partial charge in [-0.1, -0.05) is 0 Å². The molecule has 4 rings (SSSR count). The average Bonchev–Trinajstić information content (AvgIpc) is 3.30. The van der Waals surface area contributed by atoms with E-state index in [0.29, 0.717) is 46.4 Å². The van der Waals surface area contributed by atoms with Crippen LogP contribution in [0, 0.1) is 0 Å². The lowest BCUT2D eigenvalue weighted by molar-refractivity contribution is -0.116. The molecule has 0 saturated carbocycles. The van der Waals surface area contributed by atoms with Crippen LogP contribution in [-0.2, 0) is 11.3 Å². The van der Waals surface area contributed by atoms with Gasteiger partial charge >= 0.3 is 0 Å². The van der Waals surface area contributed by atoms with Crippen molar-refractivity contribution in [2.75, 3.05) is 44.6 Å². The number of carbonyl (C=O) groups is 1. The van der Waals surface area contributed by atoms with Crippen LogP contribution in [0.1, 0.15) is 0 Å². The fourth-order valence-corrected chi connectivity index (χ4v) is 3.33. The van der Waals surface area contributed by atoms with Gasteiger partial charge in [0, 0.05) is 19.7 Å². The third-order valence-corrected chi connectivity index (χ3v) is 5.13. The van der Waals surface area contributed by atoms with E-state index < -0.39 is 0 Å². The second-order valence-electron chi connectivity index (χ2n) is 7.47. The summed E-state index contributed by atoms with van der Waals surface area (Å²) in [7, 11) is 4.94. The predicted molar refractivity (Wildman–Crippen MR) is 128 cm³/mol. The van der Waals surface area contributed by atoms with Crippen molar-refractivity contribution in [3.63, 3.8) is 0 Å². The maximum atomic E-state index is 12.4. The normalized spacial score (nSPS) is 10.7. The van der Waals surface area contributed by atoms with Crippen LogP contribution in [0.25, 0.3) is 10.9 Å². The minimum atomic E-state index is -0.298. The van der Waals surface area contributed by atoms with Crippen molar-refractivity contribution in [2.45, 2.75) is 6.54 Å². The summed E-state index contributed by atoms with van der Waals surface area (Å²) in [6, 6.07) is 6.99. The second kappa shape index (κ2) is 10.7. The van der Waals surface area contributed by atoms with Gasteiger partial charge < -0.3 is 29.5 Å². The first-order valence-electron chi connectivity index (χ1n) is 10.7.